The number of nitrogens with one attached hydrogen (secondary N) is 1. The lowest BCUT2D eigenvalue weighted by atomic mass is 9.82. The fourth-order valence-electron chi connectivity index (χ4n) is 2.80. The van der Waals surface area contributed by atoms with E-state index in [4.69, 9.17) is 5.73 Å². The van der Waals surface area contributed by atoms with Crippen LogP contribution in [0, 0.1) is 5.92 Å². The zero-order valence-corrected chi connectivity index (χ0v) is 13.3. The van der Waals surface area contributed by atoms with Crippen molar-refractivity contribution in [3.8, 4) is 0 Å². The third-order valence-corrected chi connectivity index (χ3v) is 4.46. The van der Waals surface area contributed by atoms with E-state index in [-0.39, 0.29) is 23.3 Å². The summed E-state index contributed by atoms with van der Waals surface area (Å²) in [5.41, 5.74) is 6.56. The summed E-state index contributed by atoms with van der Waals surface area (Å²) in [6.07, 6.45) is 1.52. The van der Waals surface area contributed by atoms with Crippen LogP contribution >= 0.6 is 0 Å². The molecule has 1 aliphatic heterocycles. The maximum Gasteiger partial charge on any atom is 0.317 e. The molecule has 120 valence electrons. The second-order valence-electron chi connectivity index (χ2n) is 6.57. The summed E-state index contributed by atoms with van der Waals surface area (Å²) in [6.45, 7) is 5.99. The van der Waals surface area contributed by atoms with Crippen molar-refractivity contribution >= 4 is 11.9 Å². The van der Waals surface area contributed by atoms with Gasteiger partial charge in [0.2, 0.25) is 5.91 Å². The van der Waals surface area contributed by atoms with E-state index < -0.39 is 0 Å². The highest BCUT2D eigenvalue weighted by Crippen LogP contribution is 2.26. The zero-order chi connectivity index (χ0) is 16.2. The third kappa shape index (κ3) is 4.00. The maximum absolute atomic E-state index is 12.1. The highest BCUT2D eigenvalue weighted by atomic mass is 16.2. The summed E-state index contributed by atoms with van der Waals surface area (Å²) in [7, 11) is 0. The highest BCUT2D eigenvalue weighted by Gasteiger charge is 2.29. The van der Waals surface area contributed by atoms with Crippen molar-refractivity contribution in [2.45, 2.75) is 32.1 Å². The van der Waals surface area contributed by atoms with Crippen LogP contribution in [0.5, 0.6) is 0 Å². The van der Waals surface area contributed by atoms with Gasteiger partial charge in [0.05, 0.1) is 5.92 Å². The predicted octanol–water partition coefficient (Wildman–Crippen LogP) is 1.87. The van der Waals surface area contributed by atoms with Gasteiger partial charge >= 0.3 is 6.03 Å². The number of amides is 3. The second kappa shape index (κ2) is 6.81. The molecule has 3 N–H and O–H groups in total. The normalized spacial score (nSPS) is 18.3. The van der Waals surface area contributed by atoms with E-state index in [9.17, 15) is 9.59 Å². The van der Waals surface area contributed by atoms with E-state index in [1.807, 2.05) is 18.2 Å². The van der Waals surface area contributed by atoms with Crippen molar-refractivity contribution in [2.24, 2.45) is 11.7 Å². The van der Waals surface area contributed by atoms with E-state index in [1.54, 1.807) is 4.90 Å². The standard InChI is InChI=1S/C17H25N3O2/c1-17(2,14-6-4-3-5-7-14)9-10-19-16(22)20-11-8-13(12-20)15(18)21/h3-7,13H,8-12H2,1-2H3,(H2,18,21)(H,19,22)/t13-/m1/s1. The van der Waals surface area contributed by atoms with E-state index in [0.29, 0.717) is 26.1 Å². The molecule has 0 saturated carbocycles. The quantitative estimate of drug-likeness (QED) is 0.871. The van der Waals surface area contributed by atoms with E-state index in [1.165, 1.54) is 5.56 Å². The van der Waals surface area contributed by atoms with Gasteiger partial charge in [0.1, 0.15) is 0 Å². The second-order valence-corrected chi connectivity index (χ2v) is 6.57. The molecule has 1 aliphatic rings. The monoisotopic (exact) mass is 303 g/mol. The number of carbonyl (C=O) groups is 2. The smallest absolute Gasteiger partial charge is 0.317 e. The molecule has 1 fully saturated rings. The maximum atomic E-state index is 12.1. The van der Waals surface area contributed by atoms with E-state index in [2.05, 4.69) is 31.3 Å². The summed E-state index contributed by atoms with van der Waals surface area (Å²) in [4.78, 5) is 24.9. The molecule has 0 bridgehead atoms. The first-order chi connectivity index (χ1) is 10.4. The van der Waals surface area contributed by atoms with Gasteiger partial charge in [-0.1, -0.05) is 44.2 Å². The number of hydrogen-bond donors (Lipinski definition) is 2. The van der Waals surface area contributed by atoms with Gasteiger partial charge in [-0.25, -0.2) is 4.79 Å². The molecule has 5 nitrogen and oxygen atoms in total. The number of likely N-dealkylation sites (tertiary alicyclic amines) is 1. The van der Waals surface area contributed by atoms with Gasteiger partial charge in [0, 0.05) is 19.6 Å². The predicted molar refractivity (Wildman–Crippen MR) is 86.4 cm³/mol. The van der Waals surface area contributed by atoms with Crippen molar-refractivity contribution in [3.05, 3.63) is 35.9 Å². The molecule has 0 spiro atoms. The molecular formula is C17H25N3O2. The molecule has 1 atom stereocenters. The van der Waals surface area contributed by atoms with E-state index >= 15 is 0 Å². The Hall–Kier alpha value is -2.04. The minimum Gasteiger partial charge on any atom is -0.369 e. The van der Waals surface area contributed by atoms with Gasteiger partial charge in [-0.05, 0) is 23.8 Å². The molecule has 1 saturated heterocycles. The van der Waals surface area contributed by atoms with Crippen molar-refractivity contribution in [1.82, 2.24) is 10.2 Å². The first-order valence-electron chi connectivity index (χ1n) is 7.78. The van der Waals surface area contributed by atoms with Crippen LogP contribution in [0.2, 0.25) is 0 Å². The summed E-state index contributed by atoms with van der Waals surface area (Å²) < 4.78 is 0. The Morgan fingerprint density at radius 3 is 2.59 bits per heavy atom. The molecule has 2 rings (SSSR count). The van der Waals surface area contributed by atoms with Gasteiger partial charge in [-0.15, -0.1) is 0 Å². The van der Waals surface area contributed by atoms with Gasteiger partial charge in [0.15, 0.2) is 0 Å². The van der Waals surface area contributed by atoms with Gasteiger partial charge in [-0.2, -0.15) is 0 Å². The zero-order valence-electron chi connectivity index (χ0n) is 13.3. The minimum atomic E-state index is -0.319. The Bertz CT molecular complexity index is 528. The Balaban J connectivity index is 1.79. The Morgan fingerprint density at radius 1 is 1.32 bits per heavy atom. The molecule has 0 aromatic heterocycles. The number of primary amides is 1. The first kappa shape index (κ1) is 16.3. The Morgan fingerprint density at radius 2 is 2.00 bits per heavy atom. The molecule has 1 aromatic rings. The first-order valence-corrected chi connectivity index (χ1v) is 7.78. The molecule has 5 heteroatoms. The summed E-state index contributed by atoms with van der Waals surface area (Å²) in [5, 5.41) is 2.94. The fraction of sp³-hybridized carbons (Fsp3) is 0.529. The average Bonchev–Trinajstić information content (AvgIpc) is 2.98. The largest absolute Gasteiger partial charge is 0.369 e. The molecule has 0 radical (unpaired) electrons. The molecule has 0 aliphatic carbocycles. The van der Waals surface area contributed by atoms with Crippen LogP contribution in [0.25, 0.3) is 0 Å². The van der Waals surface area contributed by atoms with Crippen LogP contribution in [0.4, 0.5) is 4.79 Å². The number of nitrogens with zero attached hydrogens (tertiary/aromatic N) is 1. The van der Waals surface area contributed by atoms with Crippen LogP contribution < -0.4 is 11.1 Å². The van der Waals surface area contributed by atoms with Gasteiger partial charge in [-0.3, -0.25) is 4.79 Å². The number of carbonyl (C=O) groups excluding carboxylic acids is 2. The average molecular weight is 303 g/mol. The Kier molecular flexibility index (Phi) is 5.06. The van der Waals surface area contributed by atoms with Crippen LogP contribution in [0.15, 0.2) is 30.3 Å². The number of hydrogen-bond acceptors (Lipinski definition) is 2. The lowest BCUT2D eigenvalue weighted by Gasteiger charge is -2.26. The summed E-state index contributed by atoms with van der Waals surface area (Å²) >= 11 is 0. The lowest BCUT2D eigenvalue weighted by molar-refractivity contribution is -0.121. The molecule has 22 heavy (non-hydrogen) atoms. The van der Waals surface area contributed by atoms with Crippen molar-refractivity contribution in [1.29, 1.82) is 0 Å². The van der Waals surface area contributed by atoms with E-state index in [0.717, 1.165) is 6.42 Å². The fourth-order valence-corrected chi connectivity index (χ4v) is 2.80. The molecule has 1 heterocycles. The lowest BCUT2D eigenvalue weighted by Crippen LogP contribution is -2.40. The van der Waals surface area contributed by atoms with Gasteiger partial charge < -0.3 is 16.0 Å². The molecule has 0 unspecified atom stereocenters. The summed E-state index contributed by atoms with van der Waals surface area (Å²) in [6, 6.07) is 10.2. The number of urea groups is 1. The topological polar surface area (TPSA) is 75.4 Å². The van der Waals surface area contributed by atoms with Crippen LogP contribution in [-0.4, -0.2) is 36.5 Å². The SMILES string of the molecule is CC(C)(CCNC(=O)N1CC[C@@H](C(N)=O)C1)c1ccccc1. The van der Waals surface area contributed by atoms with Crippen LogP contribution in [0.1, 0.15) is 32.3 Å². The number of benzene rings is 1. The van der Waals surface area contributed by atoms with Crippen LogP contribution in [0.3, 0.4) is 0 Å². The van der Waals surface area contributed by atoms with Crippen molar-refractivity contribution in [3.63, 3.8) is 0 Å². The van der Waals surface area contributed by atoms with Gasteiger partial charge in [0.25, 0.3) is 0 Å². The van der Waals surface area contributed by atoms with Crippen molar-refractivity contribution < 1.29 is 9.59 Å². The number of rotatable bonds is 5. The number of nitrogens with two attached hydrogens (primary N) is 1. The van der Waals surface area contributed by atoms with Crippen LogP contribution in [-0.2, 0) is 10.2 Å². The highest BCUT2D eigenvalue weighted by molar-refractivity contribution is 5.80. The molecule has 1 aromatic carbocycles. The molecular weight excluding hydrogens is 278 g/mol. The molecule has 3 amide bonds. The third-order valence-electron chi connectivity index (χ3n) is 4.46. The minimum absolute atomic E-state index is 0.00924. The van der Waals surface area contributed by atoms with Crippen molar-refractivity contribution in [2.75, 3.05) is 19.6 Å². The summed E-state index contributed by atoms with van der Waals surface area (Å²) in [5.74, 6) is -0.521. The Labute approximate surface area is 131 Å².